The van der Waals surface area contributed by atoms with Crippen LogP contribution in [0.2, 0.25) is 0 Å². The Balaban J connectivity index is 1.17. The summed E-state index contributed by atoms with van der Waals surface area (Å²) < 4.78 is 5.45. The summed E-state index contributed by atoms with van der Waals surface area (Å²) >= 11 is 0. The van der Waals surface area contributed by atoms with Gasteiger partial charge in [-0.05, 0) is 62.1 Å². The minimum atomic E-state index is -0.217. The number of anilines is 2. The van der Waals surface area contributed by atoms with Crippen molar-refractivity contribution in [3.8, 4) is 0 Å². The molecule has 5 N–H and O–H groups in total. The molecule has 204 valence electrons. The minimum absolute atomic E-state index is 0.217. The van der Waals surface area contributed by atoms with Gasteiger partial charge in [0.05, 0.1) is 31.5 Å². The summed E-state index contributed by atoms with van der Waals surface area (Å²) in [5.74, 6) is -0.217. The van der Waals surface area contributed by atoms with Gasteiger partial charge in [0, 0.05) is 59.0 Å². The topological polar surface area (TPSA) is 116 Å². The number of allylic oxidation sites excluding steroid dienone is 3. The average Bonchev–Trinajstić information content (AvgIpc) is 3.15. The molecule has 3 saturated heterocycles. The van der Waals surface area contributed by atoms with Crippen LogP contribution in [-0.2, 0) is 4.74 Å². The third-order valence-corrected chi connectivity index (χ3v) is 7.93. The van der Waals surface area contributed by atoms with Crippen molar-refractivity contribution >= 4 is 29.2 Å². The summed E-state index contributed by atoms with van der Waals surface area (Å²) in [5, 5.41) is 15.4. The molecule has 1 amide bonds. The lowest BCUT2D eigenvalue weighted by Gasteiger charge is -2.46. The molecule has 2 aromatic rings. The number of piperidine rings is 1. The Hall–Kier alpha value is -3.75. The zero-order valence-corrected chi connectivity index (χ0v) is 22.3. The van der Waals surface area contributed by atoms with E-state index >= 15 is 0 Å². The molecular formula is C31H38N6O2. The molecule has 0 aromatic heterocycles. The van der Waals surface area contributed by atoms with Gasteiger partial charge in [0.1, 0.15) is 0 Å². The second-order valence-electron chi connectivity index (χ2n) is 10.5. The fourth-order valence-corrected chi connectivity index (χ4v) is 5.96. The Morgan fingerprint density at radius 2 is 1.79 bits per heavy atom. The van der Waals surface area contributed by atoms with Crippen LogP contribution >= 0.6 is 0 Å². The first-order valence-electron chi connectivity index (χ1n) is 13.8. The SMILES string of the molecule is C=C/C=C\C=NCCNC(=O)c1ccc(N)c(C(=N)c2ccc(NC3CC4CCC(C3)N4C3COC3)cc2)c1. The second-order valence-corrected chi connectivity index (χ2v) is 10.5. The number of nitrogens with zero attached hydrogens (tertiary/aromatic N) is 2. The van der Waals surface area contributed by atoms with Crippen molar-refractivity contribution in [1.82, 2.24) is 10.2 Å². The number of carbonyl (C=O) groups is 1. The fourth-order valence-electron chi connectivity index (χ4n) is 5.96. The van der Waals surface area contributed by atoms with Crippen molar-refractivity contribution < 1.29 is 9.53 Å². The number of rotatable bonds is 11. The lowest BCUT2D eigenvalue weighted by molar-refractivity contribution is -0.0917. The molecule has 3 fully saturated rings. The van der Waals surface area contributed by atoms with Crippen LogP contribution in [0.25, 0.3) is 0 Å². The van der Waals surface area contributed by atoms with E-state index in [4.69, 9.17) is 15.9 Å². The Bertz CT molecular complexity index is 1240. The van der Waals surface area contributed by atoms with Gasteiger partial charge in [-0.1, -0.05) is 30.9 Å². The number of hydrogen-bond acceptors (Lipinski definition) is 7. The summed E-state index contributed by atoms with van der Waals surface area (Å²) in [6, 6.07) is 15.4. The number of fused-ring (bicyclic) bond motifs is 2. The van der Waals surface area contributed by atoms with E-state index in [0.717, 1.165) is 37.3 Å². The number of hydrogen-bond donors (Lipinski definition) is 4. The smallest absolute Gasteiger partial charge is 0.251 e. The van der Waals surface area contributed by atoms with Crippen LogP contribution in [0.4, 0.5) is 11.4 Å². The largest absolute Gasteiger partial charge is 0.398 e. The highest BCUT2D eigenvalue weighted by Gasteiger charge is 2.45. The first-order chi connectivity index (χ1) is 19.0. The Labute approximate surface area is 230 Å². The van der Waals surface area contributed by atoms with Gasteiger partial charge in [0.25, 0.3) is 5.91 Å². The molecule has 3 heterocycles. The van der Waals surface area contributed by atoms with Crippen molar-refractivity contribution in [1.29, 1.82) is 5.41 Å². The molecule has 39 heavy (non-hydrogen) atoms. The Kier molecular flexibility index (Phi) is 8.54. The molecule has 0 aliphatic carbocycles. The van der Waals surface area contributed by atoms with Crippen molar-refractivity contribution in [2.45, 2.75) is 49.9 Å². The molecule has 0 saturated carbocycles. The summed E-state index contributed by atoms with van der Waals surface area (Å²) in [7, 11) is 0. The van der Waals surface area contributed by atoms with Crippen molar-refractivity contribution in [2.75, 3.05) is 37.4 Å². The standard InChI is InChI=1S/C31H38N6O2/c1-2-3-4-13-34-14-15-35-31(38)22-7-12-29(32)28(16-22)30(33)21-5-8-23(9-6-21)36-24-17-25-10-11-26(18-24)37(25)27-19-39-20-27/h2-9,12-13,16,24-27,33,36H,1,10-11,14-15,17-20,32H2,(H,35,38)/b4-3-,33-30?,34-13?. The zero-order chi connectivity index (χ0) is 27.2. The second kappa shape index (κ2) is 12.4. The molecule has 3 aliphatic rings. The zero-order valence-electron chi connectivity index (χ0n) is 22.3. The van der Waals surface area contributed by atoms with Gasteiger partial charge in [-0.2, -0.15) is 0 Å². The number of carbonyl (C=O) groups excluding carboxylic acids is 1. The van der Waals surface area contributed by atoms with Crippen LogP contribution in [0.1, 0.15) is 47.2 Å². The number of nitrogen functional groups attached to an aromatic ring is 1. The van der Waals surface area contributed by atoms with Gasteiger partial charge < -0.3 is 21.1 Å². The summed E-state index contributed by atoms with van der Waals surface area (Å²) in [6.45, 7) is 6.27. The van der Waals surface area contributed by atoms with Crippen LogP contribution in [0.3, 0.4) is 0 Å². The van der Waals surface area contributed by atoms with E-state index in [9.17, 15) is 4.79 Å². The molecule has 2 atom stereocenters. The minimum Gasteiger partial charge on any atom is -0.398 e. The molecule has 2 bridgehead atoms. The van der Waals surface area contributed by atoms with E-state index in [1.165, 1.54) is 12.8 Å². The first-order valence-corrected chi connectivity index (χ1v) is 13.8. The van der Waals surface area contributed by atoms with Gasteiger partial charge in [0.15, 0.2) is 0 Å². The van der Waals surface area contributed by atoms with E-state index < -0.39 is 0 Å². The third kappa shape index (κ3) is 6.29. The normalized spacial score (nSPS) is 23.1. The van der Waals surface area contributed by atoms with E-state index in [1.807, 2.05) is 24.3 Å². The van der Waals surface area contributed by atoms with Gasteiger partial charge >= 0.3 is 0 Å². The van der Waals surface area contributed by atoms with Crippen molar-refractivity contribution in [3.63, 3.8) is 0 Å². The van der Waals surface area contributed by atoms with E-state index in [1.54, 1.807) is 42.6 Å². The highest BCUT2D eigenvalue weighted by atomic mass is 16.5. The molecule has 2 unspecified atom stereocenters. The number of ether oxygens (including phenoxy) is 1. The predicted molar refractivity (Wildman–Crippen MR) is 158 cm³/mol. The molecule has 0 spiro atoms. The Morgan fingerprint density at radius 1 is 1.08 bits per heavy atom. The van der Waals surface area contributed by atoms with Crippen molar-refractivity contribution in [3.05, 3.63) is 84.0 Å². The highest BCUT2D eigenvalue weighted by Crippen LogP contribution is 2.39. The van der Waals surface area contributed by atoms with Gasteiger partial charge in [-0.25, -0.2) is 0 Å². The van der Waals surface area contributed by atoms with E-state index in [0.29, 0.717) is 59.8 Å². The summed E-state index contributed by atoms with van der Waals surface area (Å²) in [5.41, 5.74) is 9.80. The van der Waals surface area contributed by atoms with Crippen LogP contribution in [-0.4, -0.2) is 73.2 Å². The molecule has 8 heteroatoms. The monoisotopic (exact) mass is 526 g/mol. The maximum atomic E-state index is 12.6. The fraction of sp³-hybridized carbons (Fsp3) is 0.387. The predicted octanol–water partition coefficient (Wildman–Crippen LogP) is 4.03. The number of aliphatic imine (C=N–C) groups is 1. The van der Waals surface area contributed by atoms with Crippen molar-refractivity contribution in [2.24, 2.45) is 4.99 Å². The molecule has 8 nitrogen and oxygen atoms in total. The third-order valence-electron chi connectivity index (χ3n) is 7.93. The maximum Gasteiger partial charge on any atom is 0.251 e. The van der Waals surface area contributed by atoms with Gasteiger partial charge in [-0.15, -0.1) is 0 Å². The van der Waals surface area contributed by atoms with Crippen LogP contribution in [0.5, 0.6) is 0 Å². The molecule has 5 rings (SSSR count). The number of nitrogens with two attached hydrogens (primary N) is 1. The number of amides is 1. The van der Waals surface area contributed by atoms with E-state index in [-0.39, 0.29) is 5.91 Å². The quantitative estimate of drug-likeness (QED) is 0.153. The summed E-state index contributed by atoms with van der Waals surface area (Å²) in [4.78, 5) is 19.6. The molecule has 0 radical (unpaired) electrons. The molecular weight excluding hydrogens is 488 g/mol. The average molecular weight is 527 g/mol. The summed E-state index contributed by atoms with van der Waals surface area (Å²) in [6.07, 6.45) is 11.8. The van der Waals surface area contributed by atoms with Gasteiger partial charge in [-0.3, -0.25) is 20.1 Å². The lowest BCUT2D eigenvalue weighted by atomic mass is 9.94. The van der Waals surface area contributed by atoms with Crippen LogP contribution in [0, 0.1) is 5.41 Å². The van der Waals surface area contributed by atoms with Crippen LogP contribution < -0.4 is 16.4 Å². The van der Waals surface area contributed by atoms with Gasteiger partial charge in [0.2, 0.25) is 0 Å². The lowest BCUT2D eigenvalue weighted by Crippen LogP contribution is -2.58. The first kappa shape index (κ1) is 26.8. The number of benzene rings is 2. The molecule has 2 aromatic carbocycles. The van der Waals surface area contributed by atoms with E-state index in [2.05, 4.69) is 27.1 Å². The number of nitrogens with one attached hydrogen (secondary N) is 3. The maximum absolute atomic E-state index is 12.6. The Morgan fingerprint density at radius 3 is 2.46 bits per heavy atom. The van der Waals surface area contributed by atoms with Crippen LogP contribution in [0.15, 0.2) is 72.3 Å². The highest BCUT2D eigenvalue weighted by molar-refractivity contribution is 6.15. The molecule has 3 aliphatic heterocycles.